The molecule has 20 heavy (non-hydrogen) atoms. The van der Waals surface area contributed by atoms with Gasteiger partial charge < -0.3 is 20.1 Å². The van der Waals surface area contributed by atoms with Crippen LogP contribution >= 0.6 is 0 Å². The Bertz CT molecular complexity index is 502. The molecule has 1 aromatic carbocycles. The molecule has 0 radical (unpaired) electrons. The van der Waals surface area contributed by atoms with Crippen molar-refractivity contribution in [3.05, 3.63) is 23.8 Å². The van der Waals surface area contributed by atoms with E-state index >= 15 is 0 Å². The predicted molar refractivity (Wildman–Crippen MR) is 76.5 cm³/mol. The lowest BCUT2D eigenvalue weighted by Gasteiger charge is -2.24. The molecule has 0 aromatic heterocycles. The van der Waals surface area contributed by atoms with Crippen LogP contribution in [0.25, 0.3) is 0 Å². The number of rotatable bonds is 5. The third kappa shape index (κ3) is 3.63. The third-order valence-corrected chi connectivity index (χ3v) is 3.27. The first-order valence-electron chi connectivity index (χ1n) is 6.35. The average Bonchev–Trinajstić information content (AvgIpc) is 2.44. The number of nitrogens with zero attached hydrogens (tertiary/aromatic N) is 1. The van der Waals surface area contributed by atoms with E-state index in [0.29, 0.717) is 5.75 Å². The minimum Gasteiger partial charge on any atom is -0.497 e. The average molecular weight is 280 g/mol. The van der Waals surface area contributed by atoms with Gasteiger partial charge in [0.25, 0.3) is 0 Å². The topological polar surface area (TPSA) is 78.9 Å². The summed E-state index contributed by atoms with van der Waals surface area (Å²) >= 11 is 0. The quantitative estimate of drug-likeness (QED) is 0.869. The van der Waals surface area contributed by atoms with Gasteiger partial charge in [-0.25, -0.2) is 9.59 Å². The fourth-order valence-corrected chi connectivity index (χ4v) is 1.62. The van der Waals surface area contributed by atoms with Gasteiger partial charge in [0.1, 0.15) is 5.75 Å². The number of methoxy groups -OCH3 is 1. The molecule has 6 nitrogen and oxygen atoms in total. The van der Waals surface area contributed by atoms with E-state index in [4.69, 9.17) is 9.84 Å². The molecule has 1 unspecified atom stereocenters. The normalized spacial score (nSPS) is 11.6. The molecule has 1 rings (SSSR count). The molecule has 1 atom stereocenters. The minimum atomic E-state index is -1.10. The molecule has 110 valence electrons. The highest BCUT2D eigenvalue weighted by Crippen LogP contribution is 2.23. The van der Waals surface area contributed by atoms with Gasteiger partial charge in [0.05, 0.1) is 18.4 Å². The Morgan fingerprint density at radius 3 is 2.60 bits per heavy atom. The Labute approximate surface area is 118 Å². The lowest BCUT2D eigenvalue weighted by molar-refractivity contribution is 0.0698. The summed E-state index contributed by atoms with van der Waals surface area (Å²) < 4.78 is 5.04. The van der Waals surface area contributed by atoms with Crippen molar-refractivity contribution in [2.45, 2.75) is 26.3 Å². The number of hydrogen-bond acceptors (Lipinski definition) is 3. The summed E-state index contributed by atoms with van der Waals surface area (Å²) in [5, 5.41) is 11.7. The molecule has 2 N–H and O–H groups in total. The fourth-order valence-electron chi connectivity index (χ4n) is 1.62. The van der Waals surface area contributed by atoms with Gasteiger partial charge in [-0.05, 0) is 25.5 Å². The largest absolute Gasteiger partial charge is 0.497 e. The molecule has 2 amide bonds. The third-order valence-electron chi connectivity index (χ3n) is 3.27. The number of carboxylic acid groups (broad SMARTS) is 1. The molecule has 0 aliphatic carbocycles. The van der Waals surface area contributed by atoms with Crippen LogP contribution in [-0.2, 0) is 0 Å². The fraction of sp³-hybridized carbons (Fsp3) is 0.429. The molecule has 6 heteroatoms. The Balaban J connectivity index is 3.00. The SMILES string of the molecule is CCC(C)N(C)C(=O)Nc1cc(OC)ccc1C(=O)O. The van der Waals surface area contributed by atoms with Gasteiger partial charge in [0.2, 0.25) is 0 Å². The molecular weight excluding hydrogens is 260 g/mol. The highest BCUT2D eigenvalue weighted by atomic mass is 16.5. The summed E-state index contributed by atoms with van der Waals surface area (Å²) in [4.78, 5) is 24.8. The van der Waals surface area contributed by atoms with Gasteiger partial charge in [0, 0.05) is 19.2 Å². The summed E-state index contributed by atoms with van der Waals surface area (Å²) in [5.41, 5.74) is 0.244. The maximum Gasteiger partial charge on any atom is 0.337 e. The van der Waals surface area contributed by atoms with Crippen molar-refractivity contribution in [1.29, 1.82) is 0 Å². The molecule has 0 fully saturated rings. The van der Waals surface area contributed by atoms with Crippen LogP contribution in [0, 0.1) is 0 Å². The Hall–Kier alpha value is -2.24. The van der Waals surface area contributed by atoms with Gasteiger partial charge in [-0.2, -0.15) is 0 Å². The number of benzene rings is 1. The summed E-state index contributed by atoms with van der Waals surface area (Å²) in [5.74, 6) is -0.620. The Morgan fingerprint density at radius 1 is 1.45 bits per heavy atom. The van der Waals surface area contributed by atoms with E-state index in [-0.39, 0.29) is 23.3 Å². The summed E-state index contributed by atoms with van der Waals surface area (Å²) in [6.45, 7) is 3.89. The van der Waals surface area contributed by atoms with E-state index in [0.717, 1.165) is 6.42 Å². The molecule has 0 spiro atoms. The van der Waals surface area contributed by atoms with Crippen LogP contribution in [0.1, 0.15) is 30.6 Å². The monoisotopic (exact) mass is 280 g/mol. The van der Waals surface area contributed by atoms with Crippen molar-refractivity contribution in [1.82, 2.24) is 4.90 Å². The highest BCUT2D eigenvalue weighted by Gasteiger charge is 2.18. The second-order valence-electron chi connectivity index (χ2n) is 4.51. The van der Waals surface area contributed by atoms with Gasteiger partial charge in [-0.1, -0.05) is 6.92 Å². The van der Waals surface area contributed by atoms with E-state index in [1.165, 1.54) is 30.2 Å². The second-order valence-corrected chi connectivity index (χ2v) is 4.51. The van der Waals surface area contributed by atoms with Crippen molar-refractivity contribution in [3.63, 3.8) is 0 Å². The Kier molecular flexibility index (Phi) is 5.37. The molecule has 0 saturated heterocycles. The number of carbonyl (C=O) groups excluding carboxylic acids is 1. The number of carboxylic acids is 1. The first-order valence-corrected chi connectivity index (χ1v) is 6.35. The maximum absolute atomic E-state index is 12.1. The van der Waals surface area contributed by atoms with Gasteiger partial charge in [0.15, 0.2) is 0 Å². The van der Waals surface area contributed by atoms with E-state index < -0.39 is 5.97 Å². The van der Waals surface area contributed by atoms with Crippen LogP contribution in [0.4, 0.5) is 10.5 Å². The summed E-state index contributed by atoms with van der Waals surface area (Å²) in [6, 6.07) is 4.15. The van der Waals surface area contributed by atoms with Crippen LogP contribution < -0.4 is 10.1 Å². The van der Waals surface area contributed by atoms with E-state index in [9.17, 15) is 9.59 Å². The van der Waals surface area contributed by atoms with Crippen LogP contribution in [0.15, 0.2) is 18.2 Å². The predicted octanol–water partition coefficient (Wildman–Crippen LogP) is 2.66. The lowest BCUT2D eigenvalue weighted by atomic mass is 10.1. The minimum absolute atomic E-state index is 0.0247. The smallest absolute Gasteiger partial charge is 0.337 e. The van der Waals surface area contributed by atoms with Gasteiger partial charge >= 0.3 is 12.0 Å². The van der Waals surface area contributed by atoms with E-state index in [2.05, 4.69) is 5.32 Å². The first kappa shape index (κ1) is 15.8. The number of urea groups is 1. The van der Waals surface area contributed by atoms with Gasteiger partial charge in [-0.15, -0.1) is 0 Å². The second kappa shape index (κ2) is 6.79. The number of amides is 2. The van der Waals surface area contributed by atoms with Crippen LogP contribution in [0.3, 0.4) is 0 Å². The van der Waals surface area contributed by atoms with Crippen molar-refractivity contribution >= 4 is 17.7 Å². The number of ether oxygens (including phenoxy) is 1. The number of nitrogens with one attached hydrogen (secondary N) is 1. The molecule has 0 saturated carbocycles. The Morgan fingerprint density at radius 2 is 2.10 bits per heavy atom. The van der Waals surface area contributed by atoms with Gasteiger partial charge in [-0.3, -0.25) is 0 Å². The molecule has 0 bridgehead atoms. The van der Waals surface area contributed by atoms with Crippen molar-refractivity contribution in [3.8, 4) is 5.75 Å². The zero-order valence-corrected chi connectivity index (χ0v) is 12.1. The standard InChI is InChI=1S/C14H20N2O4/c1-5-9(2)16(3)14(19)15-12-8-10(20-4)6-7-11(12)13(17)18/h6-9H,5H2,1-4H3,(H,15,19)(H,17,18). The van der Waals surface area contributed by atoms with E-state index in [1.54, 1.807) is 7.05 Å². The number of anilines is 1. The van der Waals surface area contributed by atoms with Crippen molar-refractivity contribution in [2.24, 2.45) is 0 Å². The molecule has 0 heterocycles. The molecular formula is C14H20N2O4. The highest BCUT2D eigenvalue weighted by molar-refractivity contribution is 6.00. The lowest BCUT2D eigenvalue weighted by Crippen LogP contribution is -2.38. The summed E-state index contributed by atoms with van der Waals surface area (Å²) in [7, 11) is 3.15. The number of carbonyl (C=O) groups is 2. The van der Waals surface area contributed by atoms with Crippen LogP contribution in [0.2, 0.25) is 0 Å². The zero-order valence-electron chi connectivity index (χ0n) is 12.1. The molecule has 0 aliphatic heterocycles. The number of hydrogen-bond donors (Lipinski definition) is 2. The first-order chi connectivity index (χ1) is 9.40. The zero-order chi connectivity index (χ0) is 15.3. The van der Waals surface area contributed by atoms with Crippen LogP contribution in [0.5, 0.6) is 5.75 Å². The van der Waals surface area contributed by atoms with Crippen molar-refractivity contribution in [2.75, 3.05) is 19.5 Å². The van der Waals surface area contributed by atoms with Crippen molar-refractivity contribution < 1.29 is 19.4 Å². The number of aromatic carboxylic acids is 1. The molecule has 1 aromatic rings. The maximum atomic E-state index is 12.1. The van der Waals surface area contributed by atoms with E-state index in [1.807, 2.05) is 13.8 Å². The summed E-state index contributed by atoms with van der Waals surface area (Å²) in [6.07, 6.45) is 0.813. The van der Waals surface area contributed by atoms with Crippen LogP contribution in [-0.4, -0.2) is 42.2 Å². The molecule has 0 aliphatic rings.